The van der Waals surface area contributed by atoms with Crippen molar-refractivity contribution in [3.8, 4) is 11.3 Å². The number of hydrogen-bond acceptors (Lipinski definition) is 4. The lowest BCUT2D eigenvalue weighted by Gasteiger charge is -2.16. The monoisotopic (exact) mass is 471 g/mol. The molecule has 0 saturated carbocycles. The molecule has 4 rings (SSSR count). The minimum atomic E-state index is -4.59. The Morgan fingerprint density at radius 2 is 1.55 bits per heavy atom. The zero-order valence-electron chi connectivity index (χ0n) is 17.2. The van der Waals surface area contributed by atoms with Gasteiger partial charge in [0.15, 0.2) is 0 Å². The van der Waals surface area contributed by atoms with Crippen LogP contribution in [0.3, 0.4) is 0 Å². The normalized spacial score (nSPS) is 12.5. The molecule has 1 unspecified atom stereocenters. The van der Waals surface area contributed by atoms with Crippen LogP contribution in [0.4, 0.5) is 23.2 Å². The SMILES string of the molecule is CC(Sc1nnc(-c2ccc(F)cc2)c2ccccc12)C(=O)Nc1ccccc1C(F)(F)F. The molecular formula is C24H17F4N3OS. The summed E-state index contributed by atoms with van der Waals surface area (Å²) in [5.74, 6) is -0.958. The van der Waals surface area contributed by atoms with Gasteiger partial charge >= 0.3 is 6.18 Å². The molecule has 9 heteroatoms. The van der Waals surface area contributed by atoms with Gasteiger partial charge in [-0.15, -0.1) is 10.2 Å². The molecule has 0 aliphatic rings. The number of hydrogen-bond donors (Lipinski definition) is 1. The van der Waals surface area contributed by atoms with Crippen molar-refractivity contribution in [2.75, 3.05) is 5.32 Å². The van der Waals surface area contributed by atoms with Crippen LogP contribution in [0.25, 0.3) is 22.0 Å². The smallest absolute Gasteiger partial charge is 0.325 e. The molecule has 0 radical (unpaired) electrons. The number of aromatic nitrogens is 2. The van der Waals surface area contributed by atoms with Gasteiger partial charge in [0.2, 0.25) is 5.91 Å². The third kappa shape index (κ3) is 4.98. The van der Waals surface area contributed by atoms with Crippen molar-refractivity contribution in [3.63, 3.8) is 0 Å². The molecule has 0 aliphatic heterocycles. The Morgan fingerprint density at radius 1 is 0.909 bits per heavy atom. The first-order valence-corrected chi connectivity index (χ1v) is 10.8. The van der Waals surface area contributed by atoms with Crippen LogP contribution < -0.4 is 5.32 Å². The summed E-state index contributed by atoms with van der Waals surface area (Å²) in [5.41, 5.74) is 0.0341. The van der Waals surface area contributed by atoms with Crippen molar-refractivity contribution in [2.24, 2.45) is 0 Å². The largest absolute Gasteiger partial charge is 0.418 e. The van der Waals surface area contributed by atoms with Crippen LogP contribution in [0, 0.1) is 5.82 Å². The van der Waals surface area contributed by atoms with Crippen LogP contribution in [0.15, 0.2) is 77.8 Å². The lowest BCUT2D eigenvalue weighted by molar-refractivity contribution is -0.137. The zero-order valence-corrected chi connectivity index (χ0v) is 18.0. The van der Waals surface area contributed by atoms with Gasteiger partial charge in [0.25, 0.3) is 0 Å². The van der Waals surface area contributed by atoms with Crippen molar-refractivity contribution >= 4 is 34.1 Å². The molecule has 0 spiro atoms. The summed E-state index contributed by atoms with van der Waals surface area (Å²) in [6.45, 7) is 1.58. The second-order valence-corrected chi connectivity index (χ2v) is 8.53. The number of nitrogens with one attached hydrogen (secondary N) is 1. The fourth-order valence-electron chi connectivity index (χ4n) is 3.28. The number of fused-ring (bicyclic) bond motifs is 1. The summed E-state index contributed by atoms with van der Waals surface area (Å²) in [7, 11) is 0. The second-order valence-electron chi connectivity index (χ2n) is 7.20. The number of alkyl halides is 3. The van der Waals surface area contributed by atoms with E-state index >= 15 is 0 Å². The van der Waals surface area contributed by atoms with E-state index in [0.717, 1.165) is 28.6 Å². The molecule has 1 amide bonds. The Morgan fingerprint density at radius 3 is 2.24 bits per heavy atom. The van der Waals surface area contributed by atoms with Gasteiger partial charge < -0.3 is 5.32 Å². The Hall–Kier alpha value is -3.46. The molecule has 0 aliphatic carbocycles. The first kappa shape index (κ1) is 22.7. The van der Waals surface area contributed by atoms with Gasteiger partial charge in [-0.2, -0.15) is 13.2 Å². The predicted molar refractivity (Wildman–Crippen MR) is 120 cm³/mol. The van der Waals surface area contributed by atoms with E-state index in [4.69, 9.17) is 0 Å². The second kappa shape index (κ2) is 9.19. The number of amides is 1. The minimum Gasteiger partial charge on any atom is -0.325 e. The summed E-state index contributed by atoms with van der Waals surface area (Å²) >= 11 is 1.09. The van der Waals surface area contributed by atoms with Crippen LogP contribution in [-0.4, -0.2) is 21.4 Å². The number of halogens is 4. The van der Waals surface area contributed by atoms with Crippen LogP contribution in [0.5, 0.6) is 0 Å². The van der Waals surface area contributed by atoms with E-state index in [1.807, 2.05) is 24.3 Å². The minimum absolute atomic E-state index is 0.301. The zero-order chi connectivity index (χ0) is 23.6. The average molecular weight is 471 g/mol. The highest BCUT2D eigenvalue weighted by molar-refractivity contribution is 8.00. The maximum Gasteiger partial charge on any atom is 0.418 e. The fourth-order valence-corrected chi connectivity index (χ4v) is 4.18. The number of thioether (sulfide) groups is 1. The summed E-state index contributed by atoms with van der Waals surface area (Å²) in [4.78, 5) is 12.7. The Balaban J connectivity index is 1.60. The number of benzene rings is 3. The summed E-state index contributed by atoms with van der Waals surface area (Å²) < 4.78 is 53.0. The summed E-state index contributed by atoms with van der Waals surface area (Å²) in [5, 5.41) is 12.1. The average Bonchev–Trinajstić information content (AvgIpc) is 2.79. The highest BCUT2D eigenvalue weighted by Crippen LogP contribution is 2.36. The van der Waals surface area contributed by atoms with Crippen LogP contribution in [0.2, 0.25) is 0 Å². The van der Waals surface area contributed by atoms with Gasteiger partial charge in [-0.3, -0.25) is 4.79 Å². The number of anilines is 1. The van der Waals surface area contributed by atoms with E-state index in [2.05, 4.69) is 15.5 Å². The molecule has 0 bridgehead atoms. The van der Waals surface area contributed by atoms with Gasteiger partial charge in [0.05, 0.1) is 16.5 Å². The standard InChI is InChI=1S/C24H17F4N3OS/c1-14(22(32)29-20-9-5-4-8-19(20)24(26,27)28)33-23-18-7-3-2-6-17(18)21(30-31-23)15-10-12-16(25)13-11-15/h2-14H,1H3,(H,29,32). The van der Waals surface area contributed by atoms with Crippen LogP contribution >= 0.6 is 11.8 Å². The van der Waals surface area contributed by atoms with Gasteiger partial charge in [-0.1, -0.05) is 48.2 Å². The van der Waals surface area contributed by atoms with Crippen molar-refractivity contribution < 1.29 is 22.4 Å². The summed E-state index contributed by atoms with van der Waals surface area (Å²) in [6.07, 6.45) is -4.59. The fraction of sp³-hybridized carbons (Fsp3) is 0.125. The lowest BCUT2D eigenvalue weighted by atomic mass is 10.1. The molecule has 1 atom stereocenters. The Labute approximate surface area is 191 Å². The maximum absolute atomic E-state index is 13.3. The molecule has 0 fully saturated rings. The van der Waals surface area contributed by atoms with Gasteiger partial charge in [0, 0.05) is 16.3 Å². The first-order chi connectivity index (χ1) is 15.7. The third-order valence-corrected chi connectivity index (χ3v) is 6.01. The highest BCUT2D eigenvalue weighted by Gasteiger charge is 2.34. The molecule has 3 aromatic carbocycles. The number of carbonyl (C=O) groups is 1. The van der Waals surface area contributed by atoms with Crippen molar-refractivity contribution in [1.29, 1.82) is 0 Å². The molecule has 1 heterocycles. The maximum atomic E-state index is 13.3. The molecule has 4 aromatic rings. The number of para-hydroxylation sites is 1. The van der Waals surface area contributed by atoms with Crippen molar-refractivity contribution in [2.45, 2.75) is 23.4 Å². The molecular weight excluding hydrogens is 454 g/mol. The quantitative estimate of drug-likeness (QED) is 0.264. The molecule has 0 saturated heterocycles. The molecule has 1 aromatic heterocycles. The topological polar surface area (TPSA) is 54.9 Å². The van der Waals surface area contributed by atoms with Crippen molar-refractivity contribution in [3.05, 3.63) is 84.2 Å². The highest BCUT2D eigenvalue weighted by atomic mass is 32.2. The predicted octanol–water partition coefficient (Wildman–Crippen LogP) is 6.57. The summed E-state index contributed by atoms with van der Waals surface area (Å²) in [6, 6.07) is 18.0. The molecule has 33 heavy (non-hydrogen) atoms. The number of carbonyl (C=O) groups excluding carboxylic acids is 1. The van der Waals surface area contributed by atoms with E-state index in [0.29, 0.717) is 16.3 Å². The van der Waals surface area contributed by atoms with E-state index in [-0.39, 0.29) is 11.5 Å². The molecule has 168 valence electrons. The van der Waals surface area contributed by atoms with E-state index in [9.17, 15) is 22.4 Å². The van der Waals surface area contributed by atoms with Gasteiger partial charge in [0.1, 0.15) is 16.5 Å². The van der Waals surface area contributed by atoms with Crippen LogP contribution in [-0.2, 0) is 11.0 Å². The van der Waals surface area contributed by atoms with Gasteiger partial charge in [-0.05, 0) is 43.3 Å². The Bertz CT molecular complexity index is 1310. The van der Waals surface area contributed by atoms with Crippen LogP contribution in [0.1, 0.15) is 12.5 Å². The third-order valence-electron chi connectivity index (χ3n) is 4.92. The molecule has 4 nitrogen and oxygen atoms in total. The number of rotatable bonds is 5. The Kier molecular flexibility index (Phi) is 6.33. The van der Waals surface area contributed by atoms with Crippen molar-refractivity contribution in [1.82, 2.24) is 10.2 Å². The molecule has 1 N–H and O–H groups in total. The first-order valence-electron chi connectivity index (χ1n) is 9.89. The lowest BCUT2D eigenvalue weighted by Crippen LogP contribution is -2.24. The van der Waals surface area contributed by atoms with E-state index < -0.39 is 22.9 Å². The van der Waals surface area contributed by atoms with E-state index in [1.165, 1.54) is 30.3 Å². The van der Waals surface area contributed by atoms with Gasteiger partial charge in [-0.25, -0.2) is 4.39 Å². The van der Waals surface area contributed by atoms with E-state index in [1.54, 1.807) is 19.1 Å². The number of nitrogens with zero attached hydrogens (tertiary/aromatic N) is 2.